The molecule has 1 amide bonds. The van der Waals surface area contributed by atoms with Crippen molar-refractivity contribution in [2.75, 3.05) is 0 Å². The molecule has 1 unspecified atom stereocenters. The molecule has 1 atom stereocenters. The van der Waals surface area contributed by atoms with Gasteiger partial charge in [-0.2, -0.15) is 0 Å². The summed E-state index contributed by atoms with van der Waals surface area (Å²) in [6.45, 7) is 10.3. The fourth-order valence-electron chi connectivity index (χ4n) is 2.89. The molecule has 152 valence electrons. The molecule has 0 aliphatic carbocycles. The minimum absolute atomic E-state index is 0.0442. The van der Waals surface area contributed by atoms with Crippen molar-refractivity contribution in [2.24, 2.45) is 0 Å². The summed E-state index contributed by atoms with van der Waals surface area (Å²) in [6, 6.07) is 9.03. The third-order valence-electron chi connectivity index (χ3n) is 3.90. The number of aromatic nitrogens is 1. The van der Waals surface area contributed by atoms with Crippen LogP contribution in [0, 0.1) is 0 Å². The Balaban J connectivity index is 1.96. The van der Waals surface area contributed by atoms with Crippen molar-refractivity contribution in [1.82, 2.24) is 10.3 Å². The van der Waals surface area contributed by atoms with Crippen LogP contribution in [0.5, 0.6) is 5.75 Å². The van der Waals surface area contributed by atoms with Gasteiger partial charge in [-0.25, -0.2) is 0 Å². The Labute approximate surface area is 172 Å². The fourth-order valence-corrected chi connectivity index (χ4v) is 3.14. The van der Waals surface area contributed by atoms with Gasteiger partial charge in [0.1, 0.15) is 5.75 Å². The number of halogens is 1. The summed E-state index contributed by atoms with van der Waals surface area (Å²) in [6.07, 6.45) is 2.91. The van der Waals surface area contributed by atoms with Gasteiger partial charge in [0, 0.05) is 6.20 Å². The molecule has 5 nitrogen and oxygen atoms in total. The quantitative estimate of drug-likeness (QED) is 0.651. The van der Waals surface area contributed by atoms with E-state index in [0.717, 1.165) is 17.7 Å². The van der Waals surface area contributed by atoms with Crippen molar-refractivity contribution in [1.29, 1.82) is 0 Å². The molecule has 0 radical (unpaired) electrons. The zero-order valence-electron chi connectivity index (χ0n) is 17.2. The van der Waals surface area contributed by atoms with Crippen LogP contribution < -0.4 is 10.1 Å². The average Bonchev–Trinajstić information content (AvgIpc) is 2.59. The molecule has 1 aromatic carbocycles. The van der Waals surface area contributed by atoms with E-state index in [1.807, 2.05) is 39.8 Å². The van der Waals surface area contributed by atoms with Gasteiger partial charge in [0.05, 0.1) is 41.1 Å². The topological polar surface area (TPSA) is 60.5 Å². The van der Waals surface area contributed by atoms with Crippen molar-refractivity contribution < 1.29 is 14.3 Å². The van der Waals surface area contributed by atoms with Crippen LogP contribution in [0.3, 0.4) is 0 Å². The molecule has 0 bridgehead atoms. The SMILES string of the molecule is CC(C)Oc1ccc(C(=O)NCc2cc(CC(C)OC(C)C)ccn2)c(Cl)c1. The van der Waals surface area contributed by atoms with Crippen LogP contribution in [-0.2, 0) is 17.7 Å². The van der Waals surface area contributed by atoms with Crippen LogP contribution in [0.25, 0.3) is 0 Å². The standard InChI is InChI=1S/C22H29ClN2O3/c1-14(2)27-16(5)10-17-8-9-24-18(11-17)13-25-22(26)20-7-6-19(12-21(20)23)28-15(3)4/h6-9,11-12,14-16H,10,13H2,1-5H3,(H,25,26). The lowest BCUT2D eigenvalue weighted by Gasteiger charge is -2.16. The molecule has 2 aromatic rings. The molecule has 0 saturated heterocycles. The molecule has 2 rings (SSSR count). The largest absolute Gasteiger partial charge is 0.491 e. The lowest BCUT2D eigenvalue weighted by Crippen LogP contribution is -2.24. The Bertz CT molecular complexity index is 793. The summed E-state index contributed by atoms with van der Waals surface area (Å²) in [4.78, 5) is 16.8. The highest BCUT2D eigenvalue weighted by atomic mass is 35.5. The molecule has 0 saturated carbocycles. The van der Waals surface area contributed by atoms with Crippen LogP contribution in [0.4, 0.5) is 0 Å². The van der Waals surface area contributed by atoms with Crippen LogP contribution in [-0.4, -0.2) is 29.2 Å². The molecule has 1 aromatic heterocycles. The van der Waals surface area contributed by atoms with Crippen molar-refractivity contribution in [3.8, 4) is 5.75 Å². The maximum atomic E-state index is 12.5. The van der Waals surface area contributed by atoms with Crippen molar-refractivity contribution in [2.45, 2.75) is 65.9 Å². The van der Waals surface area contributed by atoms with Gasteiger partial charge in [0.15, 0.2) is 0 Å². The molecule has 0 aliphatic heterocycles. The van der Waals surface area contributed by atoms with Gasteiger partial charge in [-0.15, -0.1) is 0 Å². The van der Waals surface area contributed by atoms with Gasteiger partial charge < -0.3 is 14.8 Å². The van der Waals surface area contributed by atoms with Crippen molar-refractivity contribution in [3.63, 3.8) is 0 Å². The van der Waals surface area contributed by atoms with Crippen molar-refractivity contribution in [3.05, 3.63) is 58.4 Å². The van der Waals surface area contributed by atoms with E-state index in [1.165, 1.54) is 0 Å². The molecule has 0 aliphatic rings. The number of carbonyl (C=O) groups is 1. The highest BCUT2D eigenvalue weighted by Gasteiger charge is 2.13. The highest BCUT2D eigenvalue weighted by Crippen LogP contribution is 2.23. The number of ether oxygens (including phenoxy) is 2. The smallest absolute Gasteiger partial charge is 0.253 e. The molecule has 1 heterocycles. The Hall–Kier alpha value is -2.11. The zero-order valence-corrected chi connectivity index (χ0v) is 17.9. The Morgan fingerprint density at radius 1 is 1.11 bits per heavy atom. The normalized spacial score (nSPS) is 12.3. The number of nitrogens with zero attached hydrogens (tertiary/aromatic N) is 1. The second kappa shape index (κ2) is 10.4. The van der Waals surface area contributed by atoms with Gasteiger partial charge in [-0.3, -0.25) is 9.78 Å². The number of nitrogens with one attached hydrogen (secondary N) is 1. The number of rotatable bonds is 9. The fraction of sp³-hybridized carbons (Fsp3) is 0.455. The molecular formula is C22H29ClN2O3. The Morgan fingerprint density at radius 2 is 1.86 bits per heavy atom. The number of hydrogen-bond acceptors (Lipinski definition) is 4. The van der Waals surface area contributed by atoms with Crippen LogP contribution in [0.2, 0.25) is 5.02 Å². The number of hydrogen-bond donors (Lipinski definition) is 1. The number of carbonyl (C=O) groups excluding carboxylic acids is 1. The van der Waals surface area contributed by atoms with E-state index in [-0.39, 0.29) is 24.2 Å². The minimum atomic E-state index is -0.246. The molecule has 28 heavy (non-hydrogen) atoms. The number of benzene rings is 1. The summed E-state index contributed by atoms with van der Waals surface area (Å²) >= 11 is 6.24. The maximum Gasteiger partial charge on any atom is 0.253 e. The minimum Gasteiger partial charge on any atom is -0.491 e. The number of pyridine rings is 1. The van der Waals surface area contributed by atoms with Gasteiger partial charge in [0.2, 0.25) is 0 Å². The van der Waals surface area contributed by atoms with Crippen LogP contribution in [0.15, 0.2) is 36.5 Å². The van der Waals surface area contributed by atoms with Gasteiger partial charge >= 0.3 is 0 Å². The first-order valence-corrected chi connectivity index (χ1v) is 9.96. The lowest BCUT2D eigenvalue weighted by molar-refractivity contribution is 0.0194. The summed E-state index contributed by atoms with van der Waals surface area (Å²) in [5.41, 5.74) is 2.33. The maximum absolute atomic E-state index is 12.5. The van der Waals surface area contributed by atoms with Crippen molar-refractivity contribution >= 4 is 17.5 Å². The number of amides is 1. The van der Waals surface area contributed by atoms with E-state index in [2.05, 4.69) is 17.2 Å². The average molecular weight is 405 g/mol. The van der Waals surface area contributed by atoms with E-state index >= 15 is 0 Å². The van der Waals surface area contributed by atoms with E-state index in [4.69, 9.17) is 21.1 Å². The third kappa shape index (κ3) is 7.13. The Morgan fingerprint density at radius 3 is 2.50 bits per heavy atom. The highest BCUT2D eigenvalue weighted by molar-refractivity contribution is 6.34. The van der Waals surface area contributed by atoms with Gasteiger partial charge in [-0.05, 0) is 76.9 Å². The third-order valence-corrected chi connectivity index (χ3v) is 4.21. The zero-order chi connectivity index (χ0) is 20.7. The first-order chi connectivity index (χ1) is 13.2. The van der Waals surface area contributed by atoms with E-state index in [1.54, 1.807) is 24.4 Å². The monoisotopic (exact) mass is 404 g/mol. The van der Waals surface area contributed by atoms with E-state index in [0.29, 0.717) is 22.9 Å². The summed E-state index contributed by atoms with van der Waals surface area (Å²) in [5, 5.41) is 3.23. The van der Waals surface area contributed by atoms with Crippen LogP contribution >= 0.6 is 11.6 Å². The lowest BCUT2D eigenvalue weighted by atomic mass is 10.1. The molecule has 1 N–H and O–H groups in total. The second-order valence-corrected chi connectivity index (χ2v) is 7.75. The predicted octanol–water partition coefficient (Wildman–Crippen LogP) is 4.81. The van der Waals surface area contributed by atoms with E-state index < -0.39 is 0 Å². The molecule has 0 fully saturated rings. The molecule has 6 heteroatoms. The first kappa shape index (κ1) is 22.2. The summed E-state index contributed by atoms with van der Waals surface area (Å²) in [5.74, 6) is 0.397. The van der Waals surface area contributed by atoms with Gasteiger partial charge in [0.25, 0.3) is 5.91 Å². The molecule has 0 spiro atoms. The first-order valence-electron chi connectivity index (χ1n) is 9.58. The summed E-state index contributed by atoms with van der Waals surface area (Å²) < 4.78 is 11.4. The van der Waals surface area contributed by atoms with Crippen LogP contribution in [0.1, 0.15) is 56.2 Å². The van der Waals surface area contributed by atoms with E-state index in [9.17, 15) is 4.79 Å². The molecular weight excluding hydrogens is 376 g/mol. The van der Waals surface area contributed by atoms with Gasteiger partial charge in [-0.1, -0.05) is 11.6 Å². The second-order valence-electron chi connectivity index (χ2n) is 7.35. The Kier molecular flexibility index (Phi) is 8.27. The summed E-state index contributed by atoms with van der Waals surface area (Å²) in [7, 11) is 0. The predicted molar refractivity (Wildman–Crippen MR) is 112 cm³/mol.